The fourth-order valence-corrected chi connectivity index (χ4v) is 1.65. The van der Waals surface area contributed by atoms with Crippen LogP contribution in [0.3, 0.4) is 0 Å². The van der Waals surface area contributed by atoms with Crippen molar-refractivity contribution in [1.82, 2.24) is 4.98 Å². The minimum Gasteiger partial charge on any atom is -0.357 e. The fraction of sp³-hybridized carbons (Fsp3) is 0.111. The topological polar surface area (TPSA) is 15.8 Å². The van der Waals surface area contributed by atoms with Gasteiger partial charge in [0.05, 0.1) is 5.02 Å². The highest BCUT2D eigenvalue weighted by atomic mass is 35.5. The van der Waals surface area contributed by atoms with Gasteiger partial charge in [-0.15, -0.1) is 0 Å². The summed E-state index contributed by atoms with van der Waals surface area (Å²) in [5.41, 5.74) is 1.97. The van der Waals surface area contributed by atoms with E-state index < -0.39 is 0 Å². The summed E-state index contributed by atoms with van der Waals surface area (Å²) >= 11 is 11.8. The third-order valence-corrected chi connectivity index (χ3v) is 2.59. The molecule has 2 rings (SSSR count). The van der Waals surface area contributed by atoms with Crippen LogP contribution in [0.1, 0.15) is 5.69 Å². The summed E-state index contributed by atoms with van der Waals surface area (Å²) < 4.78 is 0. The number of hydrogen-bond donors (Lipinski definition) is 1. The molecule has 0 unspecified atom stereocenters. The average molecular weight is 200 g/mol. The van der Waals surface area contributed by atoms with Crippen molar-refractivity contribution >= 4 is 34.1 Å². The Bertz CT molecular complexity index is 431. The SMILES string of the molecule is Cc1[nH]c2cc(Cl)ccc2c1Cl. The molecule has 3 heteroatoms. The summed E-state index contributed by atoms with van der Waals surface area (Å²) in [6, 6.07) is 5.63. The Hall–Kier alpha value is -0.660. The molecule has 1 nitrogen and oxygen atoms in total. The molecule has 0 aliphatic carbocycles. The van der Waals surface area contributed by atoms with Crippen LogP contribution < -0.4 is 0 Å². The van der Waals surface area contributed by atoms with Crippen molar-refractivity contribution in [3.8, 4) is 0 Å². The molecule has 0 saturated heterocycles. The Balaban J connectivity index is 2.87. The van der Waals surface area contributed by atoms with Crippen LogP contribution in [-0.2, 0) is 0 Å². The molecular formula is C9H7Cl2N. The van der Waals surface area contributed by atoms with Crippen LogP contribution in [0.5, 0.6) is 0 Å². The minimum atomic E-state index is 0.723. The first-order chi connectivity index (χ1) is 5.68. The molecule has 0 atom stereocenters. The Morgan fingerprint density at radius 2 is 2.00 bits per heavy atom. The van der Waals surface area contributed by atoms with Gasteiger partial charge in [-0.3, -0.25) is 0 Å². The molecule has 1 aromatic heterocycles. The second-order valence-corrected chi connectivity index (χ2v) is 3.57. The van der Waals surface area contributed by atoms with Crippen molar-refractivity contribution < 1.29 is 0 Å². The highest BCUT2D eigenvalue weighted by Gasteiger charge is 2.04. The lowest BCUT2D eigenvalue weighted by molar-refractivity contribution is 1.30. The lowest BCUT2D eigenvalue weighted by Crippen LogP contribution is -1.67. The van der Waals surface area contributed by atoms with Gasteiger partial charge in [-0.2, -0.15) is 0 Å². The summed E-state index contributed by atoms with van der Waals surface area (Å²) in [4.78, 5) is 3.15. The molecule has 0 fully saturated rings. The van der Waals surface area contributed by atoms with Crippen LogP contribution in [0, 0.1) is 6.92 Å². The van der Waals surface area contributed by atoms with Crippen molar-refractivity contribution in [3.63, 3.8) is 0 Å². The van der Waals surface area contributed by atoms with E-state index in [1.54, 1.807) is 0 Å². The largest absolute Gasteiger partial charge is 0.357 e. The molecular weight excluding hydrogens is 193 g/mol. The van der Waals surface area contributed by atoms with Crippen molar-refractivity contribution in [1.29, 1.82) is 0 Å². The van der Waals surface area contributed by atoms with Crippen molar-refractivity contribution in [2.24, 2.45) is 0 Å². The lowest BCUT2D eigenvalue weighted by atomic mass is 10.2. The first-order valence-corrected chi connectivity index (χ1v) is 4.37. The molecule has 0 saturated carbocycles. The molecule has 12 heavy (non-hydrogen) atoms. The number of nitrogens with one attached hydrogen (secondary N) is 1. The van der Waals surface area contributed by atoms with E-state index in [1.165, 1.54) is 0 Å². The molecule has 1 heterocycles. The Labute approximate surface area is 80.3 Å². The molecule has 2 aromatic rings. The van der Waals surface area contributed by atoms with Gasteiger partial charge in [0.15, 0.2) is 0 Å². The Morgan fingerprint density at radius 3 is 2.75 bits per heavy atom. The number of rotatable bonds is 0. The lowest BCUT2D eigenvalue weighted by Gasteiger charge is -1.90. The predicted molar refractivity (Wildman–Crippen MR) is 53.1 cm³/mol. The maximum absolute atomic E-state index is 6.02. The van der Waals surface area contributed by atoms with Crippen molar-refractivity contribution in [2.75, 3.05) is 0 Å². The van der Waals surface area contributed by atoms with Gasteiger partial charge in [0, 0.05) is 21.6 Å². The summed E-state index contributed by atoms with van der Waals surface area (Å²) in [5, 5.41) is 2.53. The standard InChI is InChI=1S/C9H7Cl2N/c1-5-9(11)7-3-2-6(10)4-8(7)12-5/h2-4,12H,1H3. The van der Waals surface area contributed by atoms with Gasteiger partial charge >= 0.3 is 0 Å². The van der Waals surface area contributed by atoms with Gasteiger partial charge in [-0.05, 0) is 25.1 Å². The van der Waals surface area contributed by atoms with Gasteiger partial charge in [-0.1, -0.05) is 23.2 Å². The second kappa shape index (κ2) is 2.68. The molecule has 1 N–H and O–H groups in total. The molecule has 0 amide bonds. The molecule has 0 aliphatic heterocycles. The zero-order valence-corrected chi connectivity index (χ0v) is 8.00. The summed E-state index contributed by atoms with van der Waals surface area (Å²) in [6.45, 7) is 1.94. The van der Waals surface area contributed by atoms with E-state index in [1.807, 2.05) is 25.1 Å². The summed E-state index contributed by atoms with van der Waals surface area (Å²) in [5.74, 6) is 0. The maximum Gasteiger partial charge on any atom is 0.0688 e. The van der Waals surface area contributed by atoms with Crippen molar-refractivity contribution in [2.45, 2.75) is 6.92 Å². The van der Waals surface area contributed by atoms with E-state index in [-0.39, 0.29) is 0 Å². The quantitative estimate of drug-likeness (QED) is 0.665. The van der Waals surface area contributed by atoms with E-state index in [4.69, 9.17) is 23.2 Å². The molecule has 0 aliphatic rings. The number of fused-ring (bicyclic) bond motifs is 1. The molecule has 1 aromatic carbocycles. The van der Waals surface area contributed by atoms with Crippen LogP contribution in [-0.4, -0.2) is 4.98 Å². The van der Waals surface area contributed by atoms with Gasteiger partial charge in [-0.25, -0.2) is 0 Å². The molecule has 0 spiro atoms. The second-order valence-electron chi connectivity index (χ2n) is 2.75. The normalized spacial score (nSPS) is 10.9. The van der Waals surface area contributed by atoms with E-state index in [9.17, 15) is 0 Å². The van der Waals surface area contributed by atoms with E-state index >= 15 is 0 Å². The monoisotopic (exact) mass is 199 g/mol. The number of aromatic nitrogens is 1. The van der Waals surface area contributed by atoms with Crippen LogP contribution in [0.25, 0.3) is 10.9 Å². The third-order valence-electron chi connectivity index (χ3n) is 1.87. The molecule has 0 radical (unpaired) electrons. The van der Waals surface area contributed by atoms with Crippen LogP contribution in [0.4, 0.5) is 0 Å². The number of H-pyrrole nitrogens is 1. The van der Waals surface area contributed by atoms with E-state index in [0.717, 1.165) is 26.6 Å². The Morgan fingerprint density at radius 1 is 1.25 bits per heavy atom. The summed E-state index contributed by atoms with van der Waals surface area (Å²) in [6.07, 6.45) is 0. The zero-order valence-electron chi connectivity index (χ0n) is 6.49. The first-order valence-electron chi connectivity index (χ1n) is 3.62. The van der Waals surface area contributed by atoms with Gasteiger partial charge in [0.1, 0.15) is 0 Å². The highest BCUT2D eigenvalue weighted by Crippen LogP contribution is 2.28. The number of hydrogen-bond acceptors (Lipinski definition) is 0. The van der Waals surface area contributed by atoms with Gasteiger partial charge in [0.25, 0.3) is 0 Å². The fourth-order valence-electron chi connectivity index (χ4n) is 1.27. The number of aryl methyl sites for hydroxylation is 1. The van der Waals surface area contributed by atoms with E-state index in [0.29, 0.717) is 0 Å². The van der Waals surface area contributed by atoms with Crippen molar-refractivity contribution in [3.05, 3.63) is 33.9 Å². The van der Waals surface area contributed by atoms with E-state index in [2.05, 4.69) is 4.98 Å². The maximum atomic E-state index is 6.02. The van der Waals surface area contributed by atoms with Crippen LogP contribution >= 0.6 is 23.2 Å². The molecule has 62 valence electrons. The predicted octanol–water partition coefficient (Wildman–Crippen LogP) is 3.78. The third kappa shape index (κ3) is 1.10. The first kappa shape index (κ1) is 7.96. The van der Waals surface area contributed by atoms with Crippen LogP contribution in [0.2, 0.25) is 10.0 Å². The van der Waals surface area contributed by atoms with Gasteiger partial charge < -0.3 is 4.98 Å². The summed E-state index contributed by atoms with van der Waals surface area (Å²) in [7, 11) is 0. The zero-order chi connectivity index (χ0) is 8.72. The van der Waals surface area contributed by atoms with Crippen LogP contribution in [0.15, 0.2) is 18.2 Å². The minimum absolute atomic E-state index is 0.723. The average Bonchev–Trinajstić information content (AvgIpc) is 2.28. The number of halogens is 2. The number of benzene rings is 1. The Kier molecular flexibility index (Phi) is 1.78. The smallest absolute Gasteiger partial charge is 0.0688 e. The molecule has 0 bridgehead atoms. The highest BCUT2D eigenvalue weighted by molar-refractivity contribution is 6.37. The number of aromatic amines is 1. The van der Waals surface area contributed by atoms with Gasteiger partial charge in [0.2, 0.25) is 0 Å².